The fourth-order valence-corrected chi connectivity index (χ4v) is 2.72. The number of rotatable bonds is 4. The van der Waals surface area contributed by atoms with E-state index in [0.29, 0.717) is 5.92 Å². The summed E-state index contributed by atoms with van der Waals surface area (Å²) in [5, 5.41) is 3.03. The Morgan fingerprint density at radius 3 is 2.93 bits per heavy atom. The van der Waals surface area contributed by atoms with Crippen molar-refractivity contribution in [3.8, 4) is 0 Å². The minimum atomic E-state index is 0.276. The minimum Gasteiger partial charge on any atom is -0.356 e. The van der Waals surface area contributed by atoms with Crippen molar-refractivity contribution in [1.29, 1.82) is 0 Å². The first-order valence-electron chi connectivity index (χ1n) is 5.55. The van der Waals surface area contributed by atoms with Crippen LogP contribution in [0.3, 0.4) is 0 Å². The van der Waals surface area contributed by atoms with Crippen LogP contribution in [0.4, 0.5) is 0 Å². The van der Waals surface area contributed by atoms with Crippen LogP contribution in [0, 0.1) is 11.8 Å². The van der Waals surface area contributed by atoms with E-state index < -0.39 is 0 Å². The van der Waals surface area contributed by atoms with Crippen molar-refractivity contribution >= 4 is 17.7 Å². The van der Waals surface area contributed by atoms with Crippen LogP contribution in [0.2, 0.25) is 0 Å². The van der Waals surface area contributed by atoms with Gasteiger partial charge >= 0.3 is 0 Å². The Labute approximate surface area is 91.2 Å². The second-order valence-corrected chi connectivity index (χ2v) is 5.54. The monoisotopic (exact) mass is 215 g/mol. The molecule has 1 fully saturated rings. The quantitative estimate of drug-likeness (QED) is 0.779. The lowest BCUT2D eigenvalue weighted by molar-refractivity contribution is -0.124. The summed E-state index contributed by atoms with van der Waals surface area (Å²) in [6.07, 6.45) is 3.37. The number of carbonyl (C=O) groups is 1. The average molecular weight is 215 g/mol. The molecular weight excluding hydrogens is 194 g/mol. The van der Waals surface area contributed by atoms with Gasteiger partial charge in [0.15, 0.2) is 0 Å². The third-order valence-corrected chi connectivity index (χ3v) is 3.77. The first-order chi connectivity index (χ1) is 6.70. The van der Waals surface area contributed by atoms with Gasteiger partial charge in [-0.3, -0.25) is 4.79 Å². The largest absolute Gasteiger partial charge is 0.356 e. The lowest BCUT2D eigenvalue weighted by Gasteiger charge is -2.20. The van der Waals surface area contributed by atoms with Gasteiger partial charge in [-0.1, -0.05) is 13.8 Å². The molecule has 0 saturated carbocycles. The third-order valence-electron chi connectivity index (χ3n) is 2.55. The number of hydrogen-bond donors (Lipinski definition) is 1. The lowest BCUT2D eigenvalue weighted by atomic mass is 10.0. The molecule has 1 aliphatic rings. The molecule has 0 bridgehead atoms. The molecule has 0 spiro atoms. The minimum absolute atomic E-state index is 0.276. The van der Waals surface area contributed by atoms with Gasteiger partial charge in [0.1, 0.15) is 0 Å². The molecule has 0 radical (unpaired) electrons. The van der Waals surface area contributed by atoms with Crippen molar-refractivity contribution in [2.45, 2.75) is 33.1 Å². The summed E-state index contributed by atoms with van der Waals surface area (Å²) in [6.45, 7) is 5.21. The molecule has 1 aliphatic heterocycles. The van der Waals surface area contributed by atoms with E-state index in [4.69, 9.17) is 0 Å². The average Bonchev–Trinajstić information content (AvgIpc) is 2.18. The number of nitrogens with one attached hydrogen (secondary N) is 1. The predicted octanol–water partition coefficient (Wildman–Crippen LogP) is 2.29. The van der Waals surface area contributed by atoms with Crippen LogP contribution in [0.5, 0.6) is 0 Å². The molecule has 14 heavy (non-hydrogen) atoms. The van der Waals surface area contributed by atoms with Crippen molar-refractivity contribution in [3.05, 3.63) is 0 Å². The fraction of sp³-hybridized carbons (Fsp3) is 0.909. The molecule has 1 rings (SSSR count). The van der Waals surface area contributed by atoms with Crippen LogP contribution >= 0.6 is 11.8 Å². The molecule has 82 valence electrons. The molecule has 1 saturated heterocycles. The van der Waals surface area contributed by atoms with E-state index in [1.54, 1.807) is 0 Å². The SMILES string of the molecule is CC(C)CCNC(=O)C1CCCSC1. The van der Waals surface area contributed by atoms with E-state index in [1.165, 1.54) is 12.2 Å². The van der Waals surface area contributed by atoms with Gasteiger partial charge in [-0.25, -0.2) is 0 Å². The van der Waals surface area contributed by atoms with E-state index >= 15 is 0 Å². The molecule has 1 unspecified atom stereocenters. The van der Waals surface area contributed by atoms with Crippen LogP contribution in [-0.2, 0) is 4.79 Å². The maximum absolute atomic E-state index is 11.7. The van der Waals surface area contributed by atoms with Crippen molar-refractivity contribution in [1.82, 2.24) is 5.32 Å². The summed E-state index contributed by atoms with van der Waals surface area (Å²) in [5.41, 5.74) is 0. The summed E-state index contributed by atoms with van der Waals surface area (Å²) in [7, 11) is 0. The molecule has 1 heterocycles. The van der Waals surface area contributed by atoms with E-state index in [-0.39, 0.29) is 11.8 Å². The highest BCUT2D eigenvalue weighted by Crippen LogP contribution is 2.22. The Kier molecular flexibility index (Phi) is 5.38. The zero-order chi connectivity index (χ0) is 10.4. The molecule has 0 aromatic carbocycles. The summed E-state index contributed by atoms with van der Waals surface area (Å²) in [5.74, 6) is 3.48. The Balaban J connectivity index is 2.13. The number of hydrogen-bond acceptors (Lipinski definition) is 2. The summed E-state index contributed by atoms with van der Waals surface area (Å²) in [4.78, 5) is 11.7. The maximum Gasteiger partial charge on any atom is 0.223 e. The van der Waals surface area contributed by atoms with Gasteiger partial charge in [0, 0.05) is 18.2 Å². The summed E-state index contributed by atoms with van der Waals surface area (Å²) >= 11 is 1.91. The molecule has 0 aliphatic carbocycles. The molecule has 3 heteroatoms. The molecule has 0 aromatic heterocycles. The normalized spacial score (nSPS) is 22.4. The molecular formula is C11H21NOS. The van der Waals surface area contributed by atoms with E-state index in [9.17, 15) is 4.79 Å². The van der Waals surface area contributed by atoms with Gasteiger partial charge in [-0.2, -0.15) is 11.8 Å². The number of carbonyl (C=O) groups excluding carboxylic acids is 1. The topological polar surface area (TPSA) is 29.1 Å². The van der Waals surface area contributed by atoms with Gasteiger partial charge < -0.3 is 5.32 Å². The fourth-order valence-electron chi connectivity index (χ4n) is 1.58. The Bertz CT molecular complexity index is 176. The van der Waals surface area contributed by atoms with Gasteiger partial charge in [-0.15, -0.1) is 0 Å². The van der Waals surface area contributed by atoms with Crippen LogP contribution in [0.1, 0.15) is 33.1 Å². The van der Waals surface area contributed by atoms with E-state index in [0.717, 1.165) is 25.1 Å². The summed E-state index contributed by atoms with van der Waals surface area (Å²) < 4.78 is 0. The van der Waals surface area contributed by atoms with Crippen LogP contribution < -0.4 is 5.32 Å². The molecule has 1 N–H and O–H groups in total. The highest BCUT2D eigenvalue weighted by Gasteiger charge is 2.20. The standard InChI is InChI=1S/C11H21NOS/c1-9(2)5-6-12-11(13)10-4-3-7-14-8-10/h9-10H,3-8H2,1-2H3,(H,12,13). The molecule has 1 amide bonds. The Morgan fingerprint density at radius 1 is 1.57 bits per heavy atom. The lowest BCUT2D eigenvalue weighted by Crippen LogP contribution is -2.34. The molecule has 1 atom stereocenters. The van der Waals surface area contributed by atoms with Crippen molar-refractivity contribution < 1.29 is 4.79 Å². The summed E-state index contributed by atoms with van der Waals surface area (Å²) in [6, 6.07) is 0. The van der Waals surface area contributed by atoms with Crippen molar-refractivity contribution in [2.24, 2.45) is 11.8 Å². The van der Waals surface area contributed by atoms with Crippen LogP contribution in [0.15, 0.2) is 0 Å². The third kappa shape index (κ3) is 4.36. The highest BCUT2D eigenvalue weighted by molar-refractivity contribution is 7.99. The van der Waals surface area contributed by atoms with Gasteiger partial charge in [-0.05, 0) is 30.9 Å². The number of thioether (sulfide) groups is 1. The van der Waals surface area contributed by atoms with Gasteiger partial charge in [0.25, 0.3) is 0 Å². The van der Waals surface area contributed by atoms with Gasteiger partial charge in [0.2, 0.25) is 5.91 Å². The Morgan fingerprint density at radius 2 is 2.36 bits per heavy atom. The van der Waals surface area contributed by atoms with Crippen molar-refractivity contribution in [2.75, 3.05) is 18.1 Å². The molecule has 2 nitrogen and oxygen atoms in total. The van der Waals surface area contributed by atoms with E-state index in [2.05, 4.69) is 19.2 Å². The van der Waals surface area contributed by atoms with Gasteiger partial charge in [0.05, 0.1) is 0 Å². The second kappa shape index (κ2) is 6.33. The van der Waals surface area contributed by atoms with Crippen LogP contribution in [0.25, 0.3) is 0 Å². The predicted molar refractivity (Wildman–Crippen MR) is 62.5 cm³/mol. The zero-order valence-electron chi connectivity index (χ0n) is 9.21. The number of amides is 1. The Hall–Kier alpha value is -0.180. The van der Waals surface area contributed by atoms with Crippen molar-refractivity contribution in [3.63, 3.8) is 0 Å². The second-order valence-electron chi connectivity index (χ2n) is 4.39. The molecule has 0 aromatic rings. The van der Waals surface area contributed by atoms with E-state index in [1.807, 2.05) is 11.8 Å². The maximum atomic E-state index is 11.7. The van der Waals surface area contributed by atoms with Crippen LogP contribution in [-0.4, -0.2) is 24.0 Å². The first-order valence-corrected chi connectivity index (χ1v) is 6.71. The first kappa shape index (κ1) is 11.9. The smallest absolute Gasteiger partial charge is 0.223 e. The zero-order valence-corrected chi connectivity index (χ0v) is 10.0. The highest BCUT2D eigenvalue weighted by atomic mass is 32.2.